The molecule has 3 aromatic rings. The molecule has 0 fully saturated rings. The molecule has 31 heavy (non-hydrogen) atoms. The third-order valence-corrected chi connectivity index (χ3v) is 5.74. The maximum absolute atomic E-state index is 12.5. The number of amides is 1. The van der Waals surface area contributed by atoms with E-state index in [4.69, 9.17) is 9.47 Å². The molecule has 0 aromatic heterocycles. The minimum Gasteiger partial charge on any atom is -0.457 e. The van der Waals surface area contributed by atoms with E-state index in [-0.39, 0.29) is 5.56 Å². The van der Waals surface area contributed by atoms with Gasteiger partial charge in [-0.05, 0) is 55.5 Å². The van der Waals surface area contributed by atoms with Crippen molar-refractivity contribution in [3.05, 3.63) is 84.4 Å². The number of carbonyl (C=O) groups is 2. The first-order chi connectivity index (χ1) is 15.0. The summed E-state index contributed by atoms with van der Waals surface area (Å²) in [6.45, 7) is 3.25. The Labute approximate surface area is 183 Å². The third kappa shape index (κ3) is 6.02. The fraction of sp³-hybridized carbons (Fsp3) is 0.167. The summed E-state index contributed by atoms with van der Waals surface area (Å²) in [5, 5.41) is 2.71. The Hall–Kier alpha value is -3.45. The minimum absolute atomic E-state index is 0.199. The smallest absolute Gasteiger partial charge is 0.340 e. The van der Waals surface area contributed by atoms with Crippen LogP contribution in [0, 0.1) is 0 Å². The van der Waals surface area contributed by atoms with Crippen molar-refractivity contribution in [3.63, 3.8) is 0 Å². The van der Waals surface area contributed by atoms with Gasteiger partial charge in [0, 0.05) is 11.4 Å². The molecule has 0 aliphatic rings. The largest absolute Gasteiger partial charge is 0.457 e. The van der Waals surface area contributed by atoms with Crippen molar-refractivity contribution in [1.29, 1.82) is 0 Å². The van der Waals surface area contributed by atoms with Gasteiger partial charge in [0.2, 0.25) is 0 Å². The fourth-order valence-corrected chi connectivity index (χ4v) is 3.68. The van der Waals surface area contributed by atoms with E-state index >= 15 is 0 Å². The van der Waals surface area contributed by atoms with Crippen LogP contribution < -0.4 is 10.1 Å². The van der Waals surface area contributed by atoms with Crippen molar-refractivity contribution >= 4 is 28.4 Å². The van der Waals surface area contributed by atoms with Crippen molar-refractivity contribution in [2.24, 2.45) is 0 Å². The van der Waals surface area contributed by atoms with Crippen LogP contribution in [0.15, 0.2) is 83.8 Å². The number of rotatable bonds is 8. The SMILES string of the molecule is CC[S@@](=O)c1ccccc1C(=O)O[C@H](C)C(=O)Nc1ccc(Oc2ccccc2)cc1. The molecule has 0 saturated carbocycles. The second-order valence-corrected chi connectivity index (χ2v) is 8.31. The zero-order valence-corrected chi connectivity index (χ0v) is 18.1. The van der Waals surface area contributed by atoms with Gasteiger partial charge in [-0.15, -0.1) is 0 Å². The first-order valence-electron chi connectivity index (χ1n) is 9.80. The predicted molar refractivity (Wildman–Crippen MR) is 120 cm³/mol. The topological polar surface area (TPSA) is 81.7 Å². The highest BCUT2D eigenvalue weighted by Crippen LogP contribution is 2.23. The van der Waals surface area contributed by atoms with Crippen LogP contribution in [0.5, 0.6) is 11.5 Å². The quantitative estimate of drug-likeness (QED) is 0.513. The van der Waals surface area contributed by atoms with E-state index in [0.29, 0.717) is 27.8 Å². The molecule has 2 atom stereocenters. The second-order valence-electron chi connectivity index (χ2n) is 6.61. The molecule has 0 saturated heterocycles. The Bertz CT molecular complexity index is 1070. The Morgan fingerprint density at radius 2 is 1.52 bits per heavy atom. The minimum atomic E-state index is -1.31. The summed E-state index contributed by atoms with van der Waals surface area (Å²) in [6, 6.07) is 22.8. The van der Waals surface area contributed by atoms with Crippen LogP contribution in [0.3, 0.4) is 0 Å². The van der Waals surface area contributed by atoms with Crippen LogP contribution in [0.2, 0.25) is 0 Å². The lowest BCUT2D eigenvalue weighted by molar-refractivity contribution is -0.123. The maximum atomic E-state index is 12.5. The van der Waals surface area contributed by atoms with Gasteiger partial charge in [-0.1, -0.05) is 37.3 Å². The molecular formula is C24H23NO5S. The molecule has 0 spiro atoms. The van der Waals surface area contributed by atoms with E-state index in [1.165, 1.54) is 6.92 Å². The molecule has 1 N–H and O–H groups in total. The zero-order valence-electron chi connectivity index (χ0n) is 17.2. The molecule has 0 unspecified atom stereocenters. The Balaban J connectivity index is 1.59. The van der Waals surface area contributed by atoms with Crippen molar-refractivity contribution < 1.29 is 23.3 Å². The molecule has 0 radical (unpaired) electrons. The first-order valence-corrected chi connectivity index (χ1v) is 11.1. The predicted octanol–water partition coefficient (Wildman–Crippen LogP) is 4.79. The standard InChI is InChI=1S/C24H23NO5S/c1-3-31(28)22-12-8-7-11-21(22)24(27)29-17(2)23(26)25-18-13-15-20(16-14-18)30-19-9-5-4-6-10-19/h4-17H,3H2,1-2H3,(H,25,26)/t17-,31-/m1/s1. The van der Waals surface area contributed by atoms with Gasteiger partial charge in [-0.2, -0.15) is 0 Å². The van der Waals surface area contributed by atoms with Crippen molar-refractivity contribution in [1.82, 2.24) is 0 Å². The number of benzene rings is 3. The molecule has 0 aliphatic carbocycles. The summed E-state index contributed by atoms with van der Waals surface area (Å²) in [5.41, 5.74) is 0.741. The lowest BCUT2D eigenvalue weighted by atomic mass is 10.2. The Kier molecular flexibility index (Phi) is 7.56. The van der Waals surface area contributed by atoms with Gasteiger partial charge in [0.05, 0.1) is 21.3 Å². The van der Waals surface area contributed by atoms with Crippen molar-refractivity contribution in [2.75, 3.05) is 11.1 Å². The number of nitrogens with one attached hydrogen (secondary N) is 1. The van der Waals surface area contributed by atoms with Gasteiger partial charge in [0.15, 0.2) is 6.10 Å². The van der Waals surface area contributed by atoms with E-state index in [1.54, 1.807) is 55.5 Å². The van der Waals surface area contributed by atoms with Gasteiger partial charge in [0.25, 0.3) is 5.91 Å². The fourth-order valence-electron chi connectivity index (χ4n) is 2.74. The second kappa shape index (κ2) is 10.5. The molecule has 7 heteroatoms. The normalized spacial score (nSPS) is 12.5. The number of esters is 1. The van der Waals surface area contributed by atoms with Crippen LogP contribution in [-0.2, 0) is 20.3 Å². The van der Waals surface area contributed by atoms with E-state index < -0.39 is 28.8 Å². The third-order valence-electron chi connectivity index (χ3n) is 4.37. The van der Waals surface area contributed by atoms with E-state index in [1.807, 2.05) is 30.3 Å². The average molecular weight is 438 g/mol. The van der Waals surface area contributed by atoms with Gasteiger partial charge in [-0.3, -0.25) is 9.00 Å². The van der Waals surface area contributed by atoms with Gasteiger partial charge < -0.3 is 14.8 Å². The van der Waals surface area contributed by atoms with Gasteiger partial charge in [0.1, 0.15) is 11.5 Å². The summed E-state index contributed by atoms with van der Waals surface area (Å²) in [7, 11) is -1.31. The molecule has 0 aliphatic heterocycles. The molecular weight excluding hydrogens is 414 g/mol. The van der Waals surface area contributed by atoms with Crippen molar-refractivity contribution in [3.8, 4) is 11.5 Å². The van der Waals surface area contributed by atoms with Gasteiger partial charge in [-0.25, -0.2) is 4.79 Å². The highest BCUT2D eigenvalue weighted by Gasteiger charge is 2.22. The molecule has 6 nitrogen and oxygen atoms in total. The van der Waals surface area contributed by atoms with E-state index in [9.17, 15) is 13.8 Å². The van der Waals surface area contributed by atoms with Crippen LogP contribution >= 0.6 is 0 Å². The summed E-state index contributed by atoms with van der Waals surface area (Å²) in [6.07, 6.45) is -1.03. The number of para-hydroxylation sites is 1. The van der Waals surface area contributed by atoms with E-state index in [2.05, 4.69) is 5.32 Å². The van der Waals surface area contributed by atoms with Crippen molar-refractivity contribution in [2.45, 2.75) is 24.8 Å². The number of anilines is 1. The van der Waals surface area contributed by atoms with E-state index in [0.717, 1.165) is 0 Å². The maximum Gasteiger partial charge on any atom is 0.340 e. The highest BCUT2D eigenvalue weighted by molar-refractivity contribution is 7.85. The number of carbonyl (C=O) groups excluding carboxylic acids is 2. The molecule has 0 bridgehead atoms. The summed E-state index contributed by atoms with van der Waals surface area (Å²) < 4.78 is 23.2. The summed E-state index contributed by atoms with van der Waals surface area (Å²) in [4.78, 5) is 25.4. The van der Waals surface area contributed by atoms with Crippen LogP contribution in [0.25, 0.3) is 0 Å². The number of hydrogen-bond donors (Lipinski definition) is 1. The molecule has 1 amide bonds. The highest BCUT2D eigenvalue weighted by atomic mass is 32.2. The lowest BCUT2D eigenvalue weighted by Crippen LogP contribution is -2.30. The van der Waals surface area contributed by atoms with Crippen LogP contribution in [0.1, 0.15) is 24.2 Å². The Morgan fingerprint density at radius 1 is 0.903 bits per heavy atom. The number of ether oxygens (including phenoxy) is 2. The molecule has 0 heterocycles. The van der Waals surface area contributed by atoms with Gasteiger partial charge >= 0.3 is 5.97 Å². The molecule has 3 aromatic carbocycles. The van der Waals surface area contributed by atoms with Crippen LogP contribution in [-0.4, -0.2) is 27.9 Å². The summed E-state index contributed by atoms with van der Waals surface area (Å²) >= 11 is 0. The lowest BCUT2D eigenvalue weighted by Gasteiger charge is -2.15. The number of hydrogen-bond acceptors (Lipinski definition) is 5. The average Bonchev–Trinajstić information content (AvgIpc) is 2.80. The first kappa shape index (κ1) is 22.2. The zero-order chi connectivity index (χ0) is 22.2. The summed E-state index contributed by atoms with van der Waals surface area (Å²) in [5.74, 6) is 0.559. The Morgan fingerprint density at radius 3 is 2.19 bits per heavy atom. The van der Waals surface area contributed by atoms with Crippen LogP contribution in [0.4, 0.5) is 5.69 Å². The molecule has 3 rings (SSSR count). The monoisotopic (exact) mass is 437 g/mol. The molecule has 160 valence electrons.